The minimum Gasteiger partial charge on any atom is -0.469 e. The molecule has 0 spiro atoms. The summed E-state index contributed by atoms with van der Waals surface area (Å²) in [7, 11) is 1.95. The lowest BCUT2D eigenvalue weighted by molar-refractivity contribution is -0.131. The smallest absolute Gasteiger partial charge is 0.223 e. The summed E-state index contributed by atoms with van der Waals surface area (Å²) in [6.07, 6.45) is 6.47. The third kappa shape index (κ3) is 4.03. The molecule has 0 radical (unpaired) electrons. The lowest BCUT2D eigenvalue weighted by atomic mass is 10.2. The molecule has 2 rings (SSSR count). The highest BCUT2D eigenvalue weighted by molar-refractivity contribution is 7.99. The summed E-state index contributed by atoms with van der Waals surface area (Å²) in [5.74, 6) is 2.31. The van der Waals surface area contributed by atoms with Gasteiger partial charge in [-0.2, -0.15) is 11.8 Å². The highest BCUT2D eigenvalue weighted by Crippen LogP contribution is 2.32. The van der Waals surface area contributed by atoms with E-state index in [1.165, 1.54) is 12.2 Å². The Bertz CT molecular complexity index is 391. The third-order valence-corrected chi connectivity index (χ3v) is 5.10. The number of thioether (sulfide) groups is 1. The zero-order valence-corrected chi connectivity index (χ0v) is 12.6. The third-order valence-electron chi connectivity index (χ3n) is 3.87. The van der Waals surface area contributed by atoms with E-state index in [2.05, 4.69) is 6.92 Å². The Morgan fingerprint density at radius 3 is 3.05 bits per heavy atom. The maximum Gasteiger partial charge on any atom is 0.223 e. The highest BCUT2D eigenvalue weighted by atomic mass is 32.2. The minimum atomic E-state index is 0.239. The minimum absolute atomic E-state index is 0.239. The molecular weight excluding hydrogens is 258 g/mol. The zero-order chi connectivity index (χ0) is 13.7. The molecule has 0 N–H and O–H groups in total. The van der Waals surface area contributed by atoms with Crippen LogP contribution in [0.15, 0.2) is 22.8 Å². The molecule has 1 amide bonds. The highest BCUT2D eigenvalue weighted by Gasteiger charge is 2.29. The Balaban J connectivity index is 1.76. The van der Waals surface area contributed by atoms with Crippen LogP contribution in [0.5, 0.6) is 0 Å². The lowest BCUT2D eigenvalue weighted by Crippen LogP contribution is -2.35. The fourth-order valence-corrected chi connectivity index (χ4v) is 3.85. The van der Waals surface area contributed by atoms with Crippen LogP contribution < -0.4 is 0 Å². The van der Waals surface area contributed by atoms with Crippen molar-refractivity contribution in [1.82, 2.24) is 4.90 Å². The molecule has 0 saturated heterocycles. The van der Waals surface area contributed by atoms with Gasteiger partial charge in [-0.1, -0.05) is 6.92 Å². The normalized spacial score (nSPS) is 22.6. The molecule has 1 aromatic rings. The Kier molecular flexibility index (Phi) is 5.37. The predicted octanol–water partition coefficient (Wildman–Crippen LogP) is 3.34. The van der Waals surface area contributed by atoms with Gasteiger partial charge in [0, 0.05) is 31.2 Å². The molecule has 1 aromatic heterocycles. The molecule has 3 nitrogen and oxygen atoms in total. The molecular formula is C15H23NO2S. The molecule has 0 bridgehead atoms. The van der Waals surface area contributed by atoms with Gasteiger partial charge in [-0.15, -0.1) is 0 Å². The summed E-state index contributed by atoms with van der Waals surface area (Å²) in [6, 6.07) is 4.23. The van der Waals surface area contributed by atoms with Crippen molar-refractivity contribution in [3.63, 3.8) is 0 Å². The van der Waals surface area contributed by atoms with Gasteiger partial charge >= 0.3 is 0 Å². The van der Waals surface area contributed by atoms with Crippen LogP contribution in [-0.2, 0) is 11.2 Å². The van der Waals surface area contributed by atoms with Crippen LogP contribution in [0.3, 0.4) is 0 Å². The first-order chi connectivity index (χ1) is 9.20. The van der Waals surface area contributed by atoms with E-state index in [1.54, 1.807) is 6.26 Å². The Labute approximate surface area is 119 Å². The first kappa shape index (κ1) is 14.5. The molecule has 4 heteroatoms. The molecule has 0 unspecified atom stereocenters. The topological polar surface area (TPSA) is 33.5 Å². The van der Waals surface area contributed by atoms with E-state index in [4.69, 9.17) is 4.42 Å². The molecule has 106 valence electrons. The lowest BCUT2D eigenvalue weighted by Gasteiger charge is -2.24. The standard InChI is InChI=1S/C15H23NO2S/c1-3-19-14-8-6-12(11-14)16(2)15(17)9-7-13-5-4-10-18-13/h4-5,10,12,14H,3,6-9,11H2,1-2H3/t12-,14+/m1/s1. The Hall–Kier alpha value is -0.900. The second kappa shape index (κ2) is 7.04. The van der Waals surface area contributed by atoms with Gasteiger partial charge < -0.3 is 9.32 Å². The van der Waals surface area contributed by atoms with Crippen molar-refractivity contribution >= 4 is 17.7 Å². The van der Waals surface area contributed by atoms with Gasteiger partial charge in [-0.3, -0.25) is 4.79 Å². The number of rotatable bonds is 6. The van der Waals surface area contributed by atoms with Crippen LogP contribution in [0.1, 0.15) is 38.4 Å². The number of nitrogens with zero attached hydrogens (tertiary/aromatic N) is 1. The van der Waals surface area contributed by atoms with Crippen LogP contribution in [0, 0.1) is 0 Å². The number of furan rings is 1. The monoisotopic (exact) mass is 281 g/mol. The molecule has 2 atom stereocenters. The van der Waals surface area contributed by atoms with E-state index < -0.39 is 0 Å². The first-order valence-corrected chi connectivity index (χ1v) is 8.15. The summed E-state index contributed by atoms with van der Waals surface area (Å²) >= 11 is 2.03. The van der Waals surface area contributed by atoms with Crippen molar-refractivity contribution in [3.05, 3.63) is 24.2 Å². The van der Waals surface area contributed by atoms with Gasteiger partial charge in [0.15, 0.2) is 0 Å². The largest absolute Gasteiger partial charge is 0.469 e. The SMILES string of the molecule is CCS[C@H]1CC[C@@H](N(C)C(=O)CCc2ccco2)C1. The molecule has 1 aliphatic carbocycles. The number of amides is 1. The van der Waals surface area contributed by atoms with Gasteiger partial charge in [0.05, 0.1) is 6.26 Å². The Morgan fingerprint density at radius 2 is 2.37 bits per heavy atom. The van der Waals surface area contributed by atoms with Gasteiger partial charge in [0.25, 0.3) is 0 Å². The Morgan fingerprint density at radius 1 is 1.53 bits per heavy atom. The number of aryl methyl sites for hydroxylation is 1. The molecule has 19 heavy (non-hydrogen) atoms. The van der Waals surface area contributed by atoms with E-state index >= 15 is 0 Å². The zero-order valence-electron chi connectivity index (χ0n) is 11.8. The molecule has 0 aliphatic heterocycles. The number of hydrogen-bond acceptors (Lipinski definition) is 3. The van der Waals surface area contributed by atoms with Crippen LogP contribution in [0.2, 0.25) is 0 Å². The van der Waals surface area contributed by atoms with Gasteiger partial charge in [-0.25, -0.2) is 0 Å². The van der Waals surface area contributed by atoms with Crippen molar-refractivity contribution in [2.45, 2.75) is 50.3 Å². The van der Waals surface area contributed by atoms with Crippen molar-refractivity contribution in [2.75, 3.05) is 12.8 Å². The average Bonchev–Trinajstić information content (AvgIpc) is 3.06. The van der Waals surface area contributed by atoms with Crippen molar-refractivity contribution in [1.29, 1.82) is 0 Å². The van der Waals surface area contributed by atoms with Crippen LogP contribution in [-0.4, -0.2) is 34.9 Å². The van der Waals surface area contributed by atoms with Crippen LogP contribution in [0.25, 0.3) is 0 Å². The summed E-state index contributed by atoms with van der Waals surface area (Å²) in [5, 5.41) is 0.746. The van der Waals surface area contributed by atoms with Crippen LogP contribution in [0.4, 0.5) is 0 Å². The van der Waals surface area contributed by atoms with Crippen molar-refractivity contribution in [2.24, 2.45) is 0 Å². The quantitative estimate of drug-likeness (QED) is 0.802. The van der Waals surface area contributed by atoms with Crippen molar-refractivity contribution in [3.8, 4) is 0 Å². The fourth-order valence-electron chi connectivity index (χ4n) is 2.72. The average molecular weight is 281 g/mol. The van der Waals surface area contributed by atoms with E-state index in [9.17, 15) is 4.79 Å². The molecule has 1 aliphatic rings. The van der Waals surface area contributed by atoms with Gasteiger partial charge in [-0.05, 0) is 37.1 Å². The number of carbonyl (C=O) groups is 1. The maximum absolute atomic E-state index is 12.2. The fraction of sp³-hybridized carbons (Fsp3) is 0.667. The maximum atomic E-state index is 12.2. The van der Waals surface area contributed by atoms with E-state index in [-0.39, 0.29) is 5.91 Å². The molecule has 0 aromatic carbocycles. The van der Waals surface area contributed by atoms with E-state index in [0.717, 1.165) is 23.9 Å². The van der Waals surface area contributed by atoms with E-state index in [0.29, 0.717) is 18.9 Å². The summed E-state index contributed by atoms with van der Waals surface area (Å²) < 4.78 is 5.26. The van der Waals surface area contributed by atoms with Gasteiger partial charge in [0.1, 0.15) is 5.76 Å². The van der Waals surface area contributed by atoms with Crippen molar-refractivity contribution < 1.29 is 9.21 Å². The predicted molar refractivity (Wildman–Crippen MR) is 79.4 cm³/mol. The number of hydrogen-bond donors (Lipinski definition) is 0. The van der Waals surface area contributed by atoms with Crippen LogP contribution >= 0.6 is 11.8 Å². The molecule has 1 saturated carbocycles. The number of carbonyl (C=O) groups excluding carboxylic acids is 1. The molecule has 1 heterocycles. The molecule has 1 fully saturated rings. The van der Waals surface area contributed by atoms with E-state index in [1.807, 2.05) is 35.8 Å². The summed E-state index contributed by atoms with van der Waals surface area (Å²) in [5.41, 5.74) is 0. The second-order valence-corrected chi connectivity index (χ2v) is 6.71. The second-order valence-electron chi connectivity index (χ2n) is 5.13. The summed E-state index contributed by atoms with van der Waals surface area (Å²) in [6.45, 7) is 2.20. The first-order valence-electron chi connectivity index (χ1n) is 7.10. The van der Waals surface area contributed by atoms with Gasteiger partial charge in [0.2, 0.25) is 5.91 Å². The summed E-state index contributed by atoms with van der Waals surface area (Å²) in [4.78, 5) is 14.1.